The van der Waals surface area contributed by atoms with Crippen LogP contribution in [-0.2, 0) is 0 Å². The predicted octanol–water partition coefficient (Wildman–Crippen LogP) is 5.64. The lowest BCUT2D eigenvalue weighted by Crippen LogP contribution is -1.84. The summed E-state index contributed by atoms with van der Waals surface area (Å²) in [6, 6.07) is 7.99. The number of fused-ring (bicyclic) bond motifs is 1. The zero-order valence-electron chi connectivity index (χ0n) is 13.1. The molecule has 0 radical (unpaired) electrons. The van der Waals surface area contributed by atoms with Gasteiger partial charge in [-0.15, -0.1) is 10.2 Å². The number of hydrogen-bond donors (Lipinski definition) is 0. The summed E-state index contributed by atoms with van der Waals surface area (Å²) in [6.07, 6.45) is 1.96. The van der Waals surface area contributed by atoms with E-state index >= 15 is 0 Å². The maximum Gasteiger partial charge on any atom is 0.182 e. The fourth-order valence-corrected chi connectivity index (χ4v) is 2.86. The van der Waals surface area contributed by atoms with Crippen LogP contribution in [0.25, 0.3) is 5.65 Å². The van der Waals surface area contributed by atoms with Crippen LogP contribution in [-0.4, -0.2) is 9.38 Å². The van der Waals surface area contributed by atoms with E-state index in [0.29, 0.717) is 10.7 Å². The number of rotatable bonds is 2. The van der Waals surface area contributed by atoms with Gasteiger partial charge in [-0.2, -0.15) is 0 Å². The largest absolute Gasteiger partial charge is 0.283 e. The standard InChI is InChI=1S/C17H17ClN4/c1-10-5-6-22-15(9-10)19-13(4)17(22)21-20-16-12(3)7-11(2)8-14(16)18/h5-9H,1-4H3. The average molecular weight is 313 g/mol. The van der Waals surface area contributed by atoms with Crippen LogP contribution >= 0.6 is 11.6 Å². The Morgan fingerprint density at radius 2 is 1.77 bits per heavy atom. The van der Waals surface area contributed by atoms with Gasteiger partial charge in [0.1, 0.15) is 11.3 Å². The van der Waals surface area contributed by atoms with Crippen LogP contribution in [0, 0.1) is 27.7 Å². The van der Waals surface area contributed by atoms with Gasteiger partial charge in [-0.05, 0) is 62.6 Å². The van der Waals surface area contributed by atoms with Crippen molar-refractivity contribution in [1.82, 2.24) is 9.38 Å². The number of pyridine rings is 1. The molecule has 5 heteroatoms. The van der Waals surface area contributed by atoms with Crippen molar-refractivity contribution in [3.8, 4) is 0 Å². The smallest absolute Gasteiger partial charge is 0.182 e. The van der Waals surface area contributed by atoms with E-state index in [0.717, 1.165) is 28.3 Å². The van der Waals surface area contributed by atoms with Crippen LogP contribution in [0.1, 0.15) is 22.4 Å². The normalized spacial score (nSPS) is 11.7. The second-order valence-corrected chi connectivity index (χ2v) is 5.97. The SMILES string of the molecule is Cc1cc(C)c(N=Nc2c(C)nc3cc(C)ccn23)c(Cl)c1. The molecule has 2 heterocycles. The van der Waals surface area contributed by atoms with Gasteiger partial charge >= 0.3 is 0 Å². The molecule has 2 aromatic heterocycles. The van der Waals surface area contributed by atoms with E-state index in [4.69, 9.17) is 11.6 Å². The van der Waals surface area contributed by atoms with Crippen molar-refractivity contribution >= 4 is 28.8 Å². The molecule has 0 aliphatic carbocycles. The van der Waals surface area contributed by atoms with E-state index in [9.17, 15) is 0 Å². The summed E-state index contributed by atoms with van der Waals surface area (Å²) in [5, 5.41) is 9.36. The first-order valence-corrected chi connectivity index (χ1v) is 7.47. The maximum atomic E-state index is 6.28. The van der Waals surface area contributed by atoms with Crippen molar-refractivity contribution in [2.45, 2.75) is 27.7 Å². The van der Waals surface area contributed by atoms with Crippen molar-refractivity contribution in [3.05, 3.63) is 57.9 Å². The Morgan fingerprint density at radius 3 is 2.50 bits per heavy atom. The van der Waals surface area contributed by atoms with E-state index in [-0.39, 0.29) is 0 Å². The Hall–Kier alpha value is -2.20. The van der Waals surface area contributed by atoms with Gasteiger partial charge in [0, 0.05) is 6.20 Å². The van der Waals surface area contributed by atoms with Gasteiger partial charge in [-0.25, -0.2) is 4.98 Å². The first-order chi connectivity index (χ1) is 10.5. The fourth-order valence-electron chi connectivity index (χ4n) is 2.50. The Morgan fingerprint density at radius 1 is 1.00 bits per heavy atom. The summed E-state index contributed by atoms with van der Waals surface area (Å²) < 4.78 is 1.93. The van der Waals surface area contributed by atoms with Crippen molar-refractivity contribution in [3.63, 3.8) is 0 Å². The topological polar surface area (TPSA) is 42.0 Å². The highest BCUT2D eigenvalue weighted by molar-refractivity contribution is 6.33. The zero-order chi connectivity index (χ0) is 15.9. The van der Waals surface area contributed by atoms with Gasteiger partial charge in [0.15, 0.2) is 5.82 Å². The molecule has 3 aromatic rings. The summed E-state index contributed by atoms with van der Waals surface area (Å²) in [7, 11) is 0. The predicted molar refractivity (Wildman–Crippen MR) is 89.8 cm³/mol. The molecule has 0 amide bonds. The third-order valence-electron chi connectivity index (χ3n) is 3.57. The van der Waals surface area contributed by atoms with E-state index < -0.39 is 0 Å². The number of azo groups is 1. The molecule has 4 nitrogen and oxygen atoms in total. The minimum absolute atomic E-state index is 0.614. The summed E-state index contributed by atoms with van der Waals surface area (Å²) in [5.74, 6) is 0.728. The van der Waals surface area contributed by atoms with E-state index in [1.807, 2.05) is 62.6 Å². The second kappa shape index (κ2) is 5.54. The van der Waals surface area contributed by atoms with Crippen LogP contribution in [0.4, 0.5) is 11.5 Å². The highest BCUT2D eigenvalue weighted by atomic mass is 35.5. The molecule has 0 saturated carbocycles. The molecule has 0 bridgehead atoms. The van der Waals surface area contributed by atoms with E-state index in [1.54, 1.807) is 0 Å². The van der Waals surface area contributed by atoms with Gasteiger partial charge < -0.3 is 0 Å². The Bertz CT molecular complexity index is 870. The minimum atomic E-state index is 0.614. The lowest BCUT2D eigenvalue weighted by Gasteiger charge is -2.04. The van der Waals surface area contributed by atoms with Gasteiger partial charge in [0.05, 0.1) is 10.7 Å². The second-order valence-electron chi connectivity index (χ2n) is 5.57. The number of aromatic nitrogens is 2. The molecule has 0 N–H and O–H groups in total. The number of aryl methyl sites for hydroxylation is 4. The molecule has 0 aliphatic heterocycles. The van der Waals surface area contributed by atoms with Crippen LogP contribution in [0.3, 0.4) is 0 Å². The van der Waals surface area contributed by atoms with Gasteiger partial charge in [0.2, 0.25) is 0 Å². The van der Waals surface area contributed by atoms with Crippen molar-refractivity contribution in [2.24, 2.45) is 10.2 Å². The highest BCUT2D eigenvalue weighted by Crippen LogP contribution is 2.32. The van der Waals surface area contributed by atoms with E-state index in [2.05, 4.69) is 15.2 Å². The summed E-state index contributed by atoms with van der Waals surface area (Å²) in [6.45, 7) is 7.97. The van der Waals surface area contributed by atoms with Gasteiger partial charge in [0.25, 0.3) is 0 Å². The Labute approximate surface area is 134 Å². The summed E-state index contributed by atoms with van der Waals surface area (Å²) >= 11 is 6.28. The van der Waals surface area contributed by atoms with Crippen LogP contribution in [0.15, 0.2) is 40.7 Å². The lowest BCUT2D eigenvalue weighted by molar-refractivity contribution is 1.08. The molecule has 0 unspecified atom stereocenters. The van der Waals surface area contributed by atoms with Crippen molar-refractivity contribution in [1.29, 1.82) is 0 Å². The molecule has 3 rings (SSSR count). The van der Waals surface area contributed by atoms with Crippen LogP contribution < -0.4 is 0 Å². The van der Waals surface area contributed by atoms with Gasteiger partial charge in [-0.3, -0.25) is 4.40 Å². The van der Waals surface area contributed by atoms with Gasteiger partial charge in [-0.1, -0.05) is 17.7 Å². The van der Waals surface area contributed by atoms with E-state index in [1.165, 1.54) is 5.56 Å². The third-order valence-corrected chi connectivity index (χ3v) is 3.86. The van der Waals surface area contributed by atoms with Crippen molar-refractivity contribution in [2.75, 3.05) is 0 Å². The number of hydrogen-bond acceptors (Lipinski definition) is 3. The minimum Gasteiger partial charge on any atom is -0.283 e. The monoisotopic (exact) mass is 312 g/mol. The molecule has 0 fully saturated rings. The summed E-state index contributed by atoms with van der Waals surface area (Å²) in [5.41, 5.74) is 5.71. The fraction of sp³-hybridized carbons (Fsp3) is 0.235. The molecular formula is C17H17ClN4. The molecule has 1 aromatic carbocycles. The summed E-state index contributed by atoms with van der Waals surface area (Å²) in [4.78, 5) is 4.52. The van der Waals surface area contributed by atoms with Crippen LogP contribution in [0.2, 0.25) is 5.02 Å². The number of halogens is 1. The quantitative estimate of drug-likeness (QED) is 0.565. The molecule has 0 spiro atoms. The first kappa shape index (κ1) is 14.7. The lowest BCUT2D eigenvalue weighted by atomic mass is 10.1. The highest BCUT2D eigenvalue weighted by Gasteiger charge is 2.09. The molecule has 0 atom stereocenters. The zero-order valence-corrected chi connectivity index (χ0v) is 13.8. The first-order valence-electron chi connectivity index (χ1n) is 7.09. The average Bonchev–Trinajstić information content (AvgIpc) is 2.72. The molecular weight excluding hydrogens is 296 g/mol. The molecule has 0 saturated heterocycles. The van der Waals surface area contributed by atoms with Crippen molar-refractivity contribution < 1.29 is 0 Å². The number of benzene rings is 1. The maximum absolute atomic E-state index is 6.28. The Balaban J connectivity index is 2.09. The molecule has 0 aliphatic rings. The molecule has 112 valence electrons. The molecule has 22 heavy (non-hydrogen) atoms. The number of imidazole rings is 1. The van der Waals surface area contributed by atoms with Crippen LogP contribution in [0.5, 0.6) is 0 Å². The number of nitrogens with zero attached hydrogens (tertiary/aromatic N) is 4. The Kier molecular flexibility index (Phi) is 3.71. The third kappa shape index (κ3) is 2.62.